The van der Waals surface area contributed by atoms with Crippen LogP contribution in [-0.4, -0.2) is 33.3 Å². The van der Waals surface area contributed by atoms with Gasteiger partial charge in [0.05, 0.1) is 11.6 Å². The molecule has 0 bridgehead atoms. The minimum absolute atomic E-state index is 0.106. The Morgan fingerprint density at radius 1 is 1.11 bits per heavy atom. The average Bonchev–Trinajstić information content (AvgIpc) is 2.66. The van der Waals surface area contributed by atoms with Crippen LogP contribution < -0.4 is 15.4 Å². The van der Waals surface area contributed by atoms with Crippen molar-refractivity contribution in [3.8, 4) is 5.75 Å². The van der Waals surface area contributed by atoms with Crippen molar-refractivity contribution < 1.29 is 13.9 Å². The van der Waals surface area contributed by atoms with E-state index in [1.807, 2.05) is 25.1 Å². The molecule has 0 aromatic heterocycles. The van der Waals surface area contributed by atoms with Gasteiger partial charge in [0.1, 0.15) is 18.2 Å². The van der Waals surface area contributed by atoms with Gasteiger partial charge in [-0.15, -0.1) is 0 Å². The third-order valence-corrected chi connectivity index (χ3v) is 4.17. The fourth-order valence-electron chi connectivity index (χ4n) is 2.41. The SMILES string of the molecule is CN=C(NCc1ccc(F)c(Cl)c1)NCc1ccc(C)cc1OCCOC. The van der Waals surface area contributed by atoms with Crippen LogP contribution in [0.4, 0.5) is 4.39 Å². The number of guanidine groups is 1. The van der Waals surface area contributed by atoms with Gasteiger partial charge in [-0.25, -0.2) is 4.39 Å². The fourth-order valence-corrected chi connectivity index (χ4v) is 2.62. The lowest BCUT2D eigenvalue weighted by atomic mass is 10.1. The lowest BCUT2D eigenvalue weighted by molar-refractivity contribution is 0.145. The van der Waals surface area contributed by atoms with Gasteiger partial charge >= 0.3 is 0 Å². The van der Waals surface area contributed by atoms with Crippen molar-refractivity contribution in [1.29, 1.82) is 0 Å². The molecule has 0 saturated heterocycles. The molecule has 0 unspecified atom stereocenters. The van der Waals surface area contributed by atoms with E-state index in [-0.39, 0.29) is 5.02 Å². The fraction of sp³-hybridized carbons (Fsp3) is 0.350. The van der Waals surface area contributed by atoms with E-state index in [0.29, 0.717) is 32.3 Å². The molecule has 0 aliphatic heterocycles. The molecule has 7 heteroatoms. The number of methoxy groups -OCH3 is 1. The van der Waals surface area contributed by atoms with E-state index in [2.05, 4.69) is 15.6 Å². The first kappa shape index (κ1) is 21.0. The molecule has 0 aliphatic carbocycles. The summed E-state index contributed by atoms with van der Waals surface area (Å²) in [6, 6.07) is 10.7. The first-order valence-electron chi connectivity index (χ1n) is 8.63. The van der Waals surface area contributed by atoms with Gasteiger partial charge in [0.25, 0.3) is 0 Å². The Balaban J connectivity index is 1.94. The Bertz CT molecular complexity index is 784. The summed E-state index contributed by atoms with van der Waals surface area (Å²) in [6.45, 7) is 4.07. The predicted molar refractivity (Wildman–Crippen MR) is 107 cm³/mol. The Kier molecular flexibility index (Phi) is 8.36. The van der Waals surface area contributed by atoms with Crippen LogP contribution in [0.15, 0.2) is 41.4 Å². The van der Waals surface area contributed by atoms with Gasteiger partial charge < -0.3 is 20.1 Å². The highest BCUT2D eigenvalue weighted by molar-refractivity contribution is 6.30. The summed E-state index contributed by atoms with van der Waals surface area (Å²) in [5.74, 6) is 1.02. The maximum absolute atomic E-state index is 13.2. The number of nitrogens with one attached hydrogen (secondary N) is 2. The van der Waals surface area contributed by atoms with E-state index in [1.54, 1.807) is 26.3 Å². The number of halogens is 2. The number of ether oxygens (including phenoxy) is 2. The highest BCUT2D eigenvalue weighted by Gasteiger charge is 2.07. The number of rotatable bonds is 8. The zero-order valence-electron chi connectivity index (χ0n) is 15.8. The van der Waals surface area contributed by atoms with Gasteiger partial charge in [-0.3, -0.25) is 4.99 Å². The van der Waals surface area contributed by atoms with Gasteiger partial charge in [0.2, 0.25) is 0 Å². The molecule has 0 fully saturated rings. The van der Waals surface area contributed by atoms with E-state index in [9.17, 15) is 4.39 Å². The predicted octanol–water partition coefficient (Wildman–Crippen LogP) is 3.68. The lowest BCUT2D eigenvalue weighted by Gasteiger charge is -2.15. The number of hydrogen-bond donors (Lipinski definition) is 2. The second-order valence-corrected chi connectivity index (χ2v) is 6.39. The van der Waals surface area contributed by atoms with Crippen LogP contribution in [-0.2, 0) is 17.8 Å². The molecule has 0 radical (unpaired) electrons. The Labute approximate surface area is 164 Å². The van der Waals surface area contributed by atoms with Crippen molar-refractivity contribution in [1.82, 2.24) is 10.6 Å². The van der Waals surface area contributed by atoms with Crippen molar-refractivity contribution in [2.24, 2.45) is 4.99 Å². The van der Waals surface area contributed by atoms with Gasteiger partial charge in [-0.05, 0) is 36.2 Å². The monoisotopic (exact) mass is 393 g/mol. The zero-order valence-corrected chi connectivity index (χ0v) is 16.6. The number of aryl methyl sites for hydroxylation is 1. The molecule has 2 rings (SSSR count). The average molecular weight is 394 g/mol. The summed E-state index contributed by atoms with van der Waals surface area (Å²) in [5.41, 5.74) is 3.01. The highest BCUT2D eigenvalue weighted by atomic mass is 35.5. The smallest absolute Gasteiger partial charge is 0.191 e. The zero-order chi connectivity index (χ0) is 19.6. The maximum atomic E-state index is 13.2. The summed E-state index contributed by atoms with van der Waals surface area (Å²) in [6.07, 6.45) is 0. The van der Waals surface area contributed by atoms with Crippen LogP contribution in [0.2, 0.25) is 5.02 Å². The number of hydrogen-bond acceptors (Lipinski definition) is 3. The van der Waals surface area contributed by atoms with Crippen LogP contribution in [0.25, 0.3) is 0 Å². The summed E-state index contributed by atoms with van der Waals surface area (Å²) >= 11 is 5.82. The van der Waals surface area contributed by atoms with Gasteiger partial charge in [0, 0.05) is 32.8 Å². The first-order chi connectivity index (χ1) is 13.0. The summed E-state index contributed by atoms with van der Waals surface area (Å²) < 4.78 is 24.1. The third-order valence-electron chi connectivity index (χ3n) is 3.88. The number of aliphatic imine (C=N–C) groups is 1. The number of nitrogens with zero attached hydrogens (tertiary/aromatic N) is 1. The van der Waals surface area contributed by atoms with Crippen LogP contribution in [0.1, 0.15) is 16.7 Å². The minimum atomic E-state index is -0.428. The summed E-state index contributed by atoms with van der Waals surface area (Å²) in [4.78, 5) is 4.21. The standard InChI is InChI=1S/C20H25ClFN3O2/c1-14-4-6-16(19(10-14)27-9-8-26-3)13-25-20(23-2)24-12-15-5-7-18(22)17(21)11-15/h4-7,10-11H,8-9,12-13H2,1-3H3,(H2,23,24,25). The molecular formula is C20H25ClFN3O2. The second-order valence-electron chi connectivity index (χ2n) is 5.98. The van der Waals surface area contributed by atoms with Crippen molar-refractivity contribution in [3.63, 3.8) is 0 Å². The van der Waals surface area contributed by atoms with E-state index >= 15 is 0 Å². The van der Waals surface area contributed by atoms with E-state index in [0.717, 1.165) is 22.4 Å². The van der Waals surface area contributed by atoms with Crippen molar-refractivity contribution >= 4 is 17.6 Å². The first-order valence-corrected chi connectivity index (χ1v) is 9.01. The molecular weight excluding hydrogens is 369 g/mol. The van der Waals surface area contributed by atoms with E-state index in [4.69, 9.17) is 21.1 Å². The maximum Gasteiger partial charge on any atom is 0.191 e. The summed E-state index contributed by atoms with van der Waals surface area (Å²) in [5, 5.41) is 6.54. The molecule has 27 heavy (non-hydrogen) atoms. The van der Waals surface area contributed by atoms with E-state index in [1.165, 1.54) is 6.07 Å². The molecule has 146 valence electrons. The molecule has 2 aromatic rings. The van der Waals surface area contributed by atoms with E-state index < -0.39 is 5.82 Å². The van der Waals surface area contributed by atoms with Crippen LogP contribution in [0.3, 0.4) is 0 Å². The van der Waals surface area contributed by atoms with Gasteiger partial charge in [0.15, 0.2) is 5.96 Å². The molecule has 0 atom stereocenters. The van der Waals surface area contributed by atoms with Crippen molar-refractivity contribution in [2.75, 3.05) is 27.4 Å². The third kappa shape index (κ3) is 6.73. The van der Waals surface area contributed by atoms with Crippen LogP contribution in [0, 0.1) is 12.7 Å². The lowest BCUT2D eigenvalue weighted by Crippen LogP contribution is -2.36. The largest absolute Gasteiger partial charge is 0.491 e. The molecule has 0 heterocycles. The molecule has 2 N–H and O–H groups in total. The molecule has 0 saturated carbocycles. The quantitative estimate of drug-likeness (QED) is 0.408. The van der Waals surface area contributed by atoms with Gasteiger partial charge in [-0.1, -0.05) is 29.8 Å². The van der Waals surface area contributed by atoms with Gasteiger partial charge in [-0.2, -0.15) is 0 Å². The topological polar surface area (TPSA) is 54.9 Å². The Morgan fingerprint density at radius 3 is 2.59 bits per heavy atom. The molecule has 5 nitrogen and oxygen atoms in total. The second kappa shape index (κ2) is 10.7. The Hall–Kier alpha value is -2.31. The van der Waals surface area contributed by atoms with Crippen molar-refractivity contribution in [2.45, 2.75) is 20.0 Å². The molecule has 2 aromatic carbocycles. The van der Waals surface area contributed by atoms with Crippen LogP contribution in [0.5, 0.6) is 5.75 Å². The molecule has 0 spiro atoms. The highest BCUT2D eigenvalue weighted by Crippen LogP contribution is 2.20. The van der Waals surface area contributed by atoms with Crippen molar-refractivity contribution in [3.05, 3.63) is 63.9 Å². The molecule has 0 amide bonds. The number of benzene rings is 2. The molecule has 0 aliphatic rings. The summed E-state index contributed by atoms with van der Waals surface area (Å²) in [7, 11) is 3.34. The van der Waals surface area contributed by atoms with Crippen LogP contribution >= 0.6 is 11.6 Å². The Morgan fingerprint density at radius 2 is 1.89 bits per heavy atom. The normalized spacial score (nSPS) is 11.4. The minimum Gasteiger partial charge on any atom is -0.491 e.